The van der Waals surface area contributed by atoms with Gasteiger partial charge in [-0.3, -0.25) is 9.69 Å². The molecule has 15 heteroatoms. The molecule has 1 aromatic heterocycles. The number of piperazine rings is 1. The van der Waals surface area contributed by atoms with Crippen LogP contribution in [0.5, 0.6) is 5.75 Å². The third-order valence-corrected chi connectivity index (χ3v) is 9.44. The van der Waals surface area contributed by atoms with E-state index in [1.54, 1.807) is 18.2 Å². The number of alkyl halides is 3. The van der Waals surface area contributed by atoms with Crippen LogP contribution in [0.3, 0.4) is 0 Å². The second kappa shape index (κ2) is 14.4. The highest BCUT2D eigenvalue weighted by atomic mass is 32.2. The van der Waals surface area contributed by atoms with Crippen molar-refractivity contribution in [1.29, 1.82) is 0 Å². The maximum Gasteiger partial charge on any atom is 0.406 e. The summed E-state index contributed by atoms with van der Waals surface area (Å²) in [5.41, 5.74) is 1.81. The fourth-order valence-corrected chi connectivity index (χ4v) is 6.46. The van der Waals surface area contributed by atoms with E-state index < -0.39 is 22.7 Å². The zero-order chi connectivity index (χ0) is 33.8. The van der Waals surface area contributed by atoms with Crippen LogP contribution in [-0.4, -0.2) is 112 Å². The number of aromatic nitrogens is 1. The van der Waals surface area contributed by atoms with Crippen LogP contribution < -0.4 is 20.5 Å². The van der Waals surface area contributed by atoms with Crippen LogP contribution in [0.4, 0.5) is 24.5 Å². The summed E-state index contributed by atoms with van der Waals surface area (Å²) in [5.74, 6) is 6.13. The number of halogens is 3. The van der Waals surface area contributed by atoms with Crippen molar-refractivity contribution in [2.75, 3.05) is 77.1 Å². The van der Waals surface area contributed by atoms with Crippen molar-refractivity contribution in [3.05, 3.63) is 48.2 Å². The number of anilines is 2. The quantitative estimate of drug-likeness (QED) is 0.296. The molecule has 254 valence electrons. The number of hydrogen-bond donors (Lipinski definition) is 3. The standard InChI is InChI=1S/C32H40F3N7O4S/c1-39-15-17-41(18-16-39)31(43)21-40-13-10-23(11-14-40)38-27-6-3-7-29-26(27)19-24(42(29)22-32(33,34)35)5-4-12-37-28-9-8-25(47(36,44)45)20-30(28)46-2/h3,6-9,19-20,23,37-38H,10-18,21-22H2,1-2H3,(H2,36,44,45). The number of benzene rings is 2. The van der Waals surface area contributed by atoms with Gasteiger partial charge in [0.05, 0.1) is 42.0 Å². The predicted molar refractivity (Wildman–Crippen MR) is 175 cm³/mol. The van der Waals surface area contributed by atoms with Crippen LogP contribution in [0.1, 0.15) is 18.5 Å². The number of methoxy groups -OCH3 is 1. The molecule has 0 unspecified atom stereocenters. The highest BCUT2D eigenvalue weighted by molar-refractivity contribution is 7.89. The van der Waals surface area contributed by atoms with Gasteiger partial charge in [0.1, 0.15) is 12.3 Å². The third-order valence-electron chi connectivity index (χ3n) is 8.53. The van der Waals surface area contributed by atoms with Crippen molar-refractivity contribution >= 4 is 38.2 Å². The van der Waals surface area contributed by atoms with Gasteiger partial charge in [-0.25, -0.2) is 13.6 Å². The minimum atomic E-state index is -4.46. The van der Waals surface area contributed by atoms with Gasteiger partial charge >= 0.3 is 6.18 Å². The van der Waals surface area contributed by atoms with Crippen LogP contribution in [0.2, 0.25) is 0 Å². The molecule has 2 aliphatic heterocycles. The second-order valence-corrected chi connectivity index (χ2v) is 13.5. The number of nitrogens with one attached hydrogen (secondary N) is 2. The Morgan fingerprint density at radius 3 is 2.43 bits per heavy atom. The first-order valence-corrected chi connectivity index (χ1v) is 16.9. The van der Waals surface area contributed by atoms with E-state index in [0.29, 0.717) is 23.1 Å². The number of nitrogens with two attached hydrogens (primary N) is 1. The smallest absolute Gasteiger partial charge is 0.406 e. The van der Waals surface area contributed by atoms with Crippen LogP contribution in [0.25, 0.3) is 10.9 Å². The third kappa shape index (κ3) is 8.89. The largest absolute Gasteiger partial charge is 0.495 e. The lowest BCUT2D eigenvalue weighted by Crippen LogP contribution is -2.51. The summed E-state index contributed by atoms with van der Waals surface area (Å²) in [5, 5.41) is 12.4. The summed E-state index contributed by atoms with van der Waals surface area (Å²) >= 11 is 0. The molecule has 2 aromatic carbocycles. The van der Waals surface area contributed by atoms with Gasteiger partial charge in [0.25, 0.3) is 0 Å². The van der Waals surface area contributed by atoms with E-state index in [-0.39, 0.29) is 34.8 Å². The SMILES string of the molecule is COc1cc(S(N)(=O)=O)ccc1NCC#Cc1cc2c(NC3CCN(CC(=O)N4CCN(C)CC4)CC3)cccc2n1CC(F)(F)F. The van der Waals surface area contributed by atoms with E-state index in [4.69, 9.17) is 9.88 Å². The van der Waals surface area contributed by atoms with Gasteiger partial charge in [-0.1, -0.05) is 12.0 Å². The van der Waals surface area contributed by atoms with Gasteiger partial charge in [0, 0.05) is 62.5 Å². The van der Waals surface area contributed by atoms with E-state index in [1.165, 1.54) is 29.9 Å². The molecule has 1 amide bonds. The summed E-state index contributed by atoms with van der Waals surface area (Å²) in [7, 11) is -0.493. The second-order valence-electron chi connectivity index (χ2n) is 11.9. The van der Waals surface area contributed by atoms with Crippen molar-refractivity contribution in [1.82, 2.24) is 19.3 Å². The van der Waals surface area contributed by atoms with E-state index in [1.807, 2.05) is 11.0 Å². The molecule has 2 fully saturated rings. The Morgan fingerprint density at radius 2 is 1.77 bits per heavy atom. The first-order valence-electron chi connectivity index (χ1n) is 15.4. The van der Waals surface area contributed by atoms with Crippen LogP contribution >= 0.6 is 0 Å². The molecule has 2 saturated heterocycles. The Morgan fingerprint density at radius 1 is 1.04 bits per heavy atom. The summed E-state index contributed by atoms with van der Waals surface area (Å²) in [4.78, 5) is 19.0. The monoisotopic (exact) mass is 675 g/mol. The van der Waals surface area contributed by atoms with Crippen molar-refractivity contribution in [2.24, 2.45) is 5.14 Å². The Kier molecular flexibility index (Phi) is 10.5. The number of carbonyl (C=O) groups is 1. The number of nitrogens with zero attached hydrogens (tertiary/aromatic N) is 4. The summed E-state index contributed by atoms with van der Waals surface area (Å²) in [6.07, 6.45) is -2.86. The highest BCUT2D eigenvalue weighted by Gasteiger charge is 2.30. The average Bonchev–Trinajstić information content (AvgIpc) is 3.36. The predicted octanol–water partition coefficient (Wildman–Crippen LogP) is 2.97. The number of amides is 1. The molecule has 0 saturated carbocycles. The number of fused-ring (bicyclic) bond motifs is 1. The summed E-state index contributed by atoms with van der Waals surface area (Å²) in [6, 6.07) is 11.1. The van der Waals surface area contributed by atoms with E-state index >= 15 is 0 Å². The first kappa shape index (κ1) is 34.4. The van der Waals surface area contributed by atoms with E-state index in [2.05, 4.69) is 39.3 Å². The van der Waals surface area contributed by atoms with Crippen molar-refractivity contribution in [2.45, 2.75) is 36.5 Å². The molecule has 0 radical (unpaired) electrons. The van der Waals surface area contributed by atoms with E-state index in [9.17, 15) is 26.4 Å². The van der Waals surface area contributed by atoms with Crippen LogP contribution in [0, 0.1) is 11.8 Å². The lowest BCUT2D eigenvalue weighted by atomic mass is 10.0. The number of piperidine rings is 1. The molecule has 2 aliphatic rings. The minimum absolute atomic E-state index is 0.0552. The van der Waals surface area contributed by atoms with Crippen molar-refractivity contribution in [3.63, 3.8) is 0 Å². The lowest BCUT2D eigenvalue weighted by Gasteiger charge is -2.36. The molecule has 3 aromatic rings. The Bertz CT molecular complexity index is 1750. The number of ether oxygens (including phenoxy) is 1. The summed E-state index contributed by atoms with van der Waals surface area (Å²) in [6.45, 7) is 4.03. The number of hydrogen-bond acceptors (Lipinski definition) is 8. The molecule has 47 heavy (non-hydrogen) atoms. The minimum Gasteiger partial charge on any atom is -0.495 e. The van der Waals surface area contributed by atoms with Gasteiger partial charge in [0.2, 0.25) is 15.9 Å². The topological polar surface area (TPSA) is 125 Å². The van der Waals surface area contributed by atoms with Crippen molar-refractivity contribution in [3.8, 4) is 17.6 Å². The van der Waals surface area contributed by atoms with Crippen LogP contribution in [0.15, 0.2) is 47.4 Å². The molecule has 0 bridgehead atoms. The number of rotatable bonds is 9. The molecule has 0 atom stereocenters. The number of sulfonamides is 1. The maximum atomic E-state index is 13.7. The molecule has 4 N–H and O–H groups in total. The molecular weight excluding hydrogens is 635 g/mol. The maximum absolute atomic E-state index is 13.7. The zero-order valence-corrected chi connectivity index (χ0v) is 27.3. The van der Waals surface area contributed by atoms with E-state index in [0.717, 1.165) is 57.8 Å². The number of carbonyl (C=O) groups excluding carboxylic acids is 1. The fourth-order valence-electron chi connectivity index (χ4n) is 5.93. The average molecular weight is 676 g/mol. The first-order chi connectivity index (χ1) is 22.3. The normalized spacial score (nSPS) is 16.9. The van der Waals surface area contributed by atoms with Crippen LogP contribution in [-0.2, 0) is 21.4 Å². The molecular formula is C32H40F3N7O4S. The fraction of sp³-hybridized carbons (Fsp3) is 0.469. The molecule has 3 heterocycles. The molecule has 11 nitrogen and oxygen atoms in total. The van der Waals surface area contributed by atoms with Gasteiger partial charge in [-0.2, -0.15) is 13.2 Å². The number of likely N-dealkylation sites (tertiary alicyclic amines) is 1. The lowest BCUT2D eigenvalue weighted by molar-refractivity contribution is -0.140. The Labute approximate surface area is 272 Å². The van der Waals surface area contributed by atoms with Crippen molar-refractivity contribution < 1.29 is 31.1 Å². The molecule has 0 spiro atoms. The van der Waals surface area contributed by atoms with Gasteiger partial charge in [0.15, 0.2) is 0 Å². The number of primary sulfonamides is 1. The number of likely N-dealkylation sites (N-methyl/N-ethyl adjacent to an activating group) is 1. The zero-order valence-electron chi connectivity index (χ0n) is 26.4. The molecule has 0 aliphatic carbocycles. The van der Waals surface area contributed by atoms with Gasteiger partial charge in [-0.15, -0.1) is 0 Å². The molecule has 5 rings (SSSR count). The van der Waals surface area contributed by atoms with Gasteiger partial charge in [-0.05, 0) is 56.1 Å². The van der Waals surface area contributed by atoms with Gasteiger partial charge < -0.3 is 29.7 Å². The Hall–Kier alpha value is -3.97. The Balaban J connectivity index is 1.27. The summed E-state index contributed by atoms with van der Waals surface area (Å²) < 4.78 is 70.8. The highest BCUT2D eigenvalue weighted by Crippen LogP contribution is 2.32.